The summed E-state index contributed by atoms with van der Waals surface area (Å²) in [7, 11) is 0. The Morgan fingerprint density at radius 1 is 1.27 bits per heavy atom. The molecule has 136 valence electrons. The van der Waals surface area contributed by atoms with Crippen molar-refractivity contribution in [1.82, 2.24) is 0 Å². The predicted octanol–water partition coefficient (Wildman–Crippen LogP) is 2.90. The molecule has 2 rings (SSSR count). The molecule has 3 N–H and O–H groups in total. The van der Waals surface area contributed by atoms with Crippen LogP contribution in [0.25, 0.3) is 0 Å². The molecule has 26 heavy (non-hydrogen) atoms. The van der Waals surface area contributed by atoms with Crippen molar-refractivity contribution in [2.45, 2.75) is 25.8 Å². The molecule has 1 atom stereocenters. The van der Waals surface area contributed by atoms with Crippen molar-refractivity contribution in [3.05, 3.63) is 59.2 Å². The van der Waals surface area contributed by atoms with E-state index in [0.29, 0.717) is 22.6 Å². The molecular weight excluding hydrogens is 332 g/mol. The lowest BCUT2D eigenvalue weighted by Gasteiger charge is -2.30. The minimum atomic E-state index is -1.45. The molecule has 0 amide bonds. The molecule has 0 spiro atoms. The highest BCUT2D eigenvalue weighted by Crippen LogP contribution is 2.34. The first-order valence-electron chi connectivity index (χ1n) is 8.33. The second-order valence-electron chi connectivity index (χ2n) is 6.00. The normalized spacial score (nSPS) is 12.7. The van der Waals surface area contributed by atoms with Gasteiger partial charge in [-0.2, -0.15) is 5.26 Å². The Bertz CT molecular complexity index is 812. The average molecular weight is 354 g/mol. The van der Waals surface area contributed by atoms with Crippen molar-refractivity contribution in [1.29, 1.82) is 5.26 Å². The fraction of sp³-hybridized carbons (Fsp3) is 0.300. The summed E-state index contributed by atoms with van der Waals surface area (Å²) < 4.78 is 5.56. The van der Waals surface area contributed by atoms with E-state index in [1.54, 1.807) is 43.3 Å². The lowest BCUT2D eigenvalue weighted by Crippen LogP contribution is -2.41. The van der Waals surface area contributed by atoms with E-state index in [4.69, 9.17) is 15.1 Å². The molecule has 0 heterocycles. The number of rotatable bonds is 8. The summed E-state index contributed by atoms with van der Waals surface area (Å²) in [5, 5.41) is 30.9. The van der Waals surface area contributed by atoms with Crippen molar-refractivity contribution in [2.24, 2.45) is 0 Å². The van der Waals surface area contributed by atoms with Crippen LogP contribution in [0.1, 0.15) is 30.5 Å². The Balaban J connectivity index is 2.49. The van der Waals surface area contributed by atoms with E-state index >= 15 is 0 Å². The Kier molecular flexibility index (Phi) is 6.21. The van der Waals surface area contributed by atoms with Gasteiger partial charge in [0.05, 0.1) is 18.2 Å². The van der Waals surface area contributed by atoms with Gasteiger partial charge in [-0.3, -0.25) is 0 Å². The molecule has 0 aliphatic heterocycles. The van der Waals surface area contributed by atoms with Crippen LogP contribution >= 0.6 is 0 Å². The lowest BCUT2D eigenvalue weighted by atomic mass is 9.89. The van der Waals surface area contributed by atoms with Crippen molar-refractivity contribution in [2.75, 3.05) is 18.5 Å². The van der Waals surface area contributed by atoms with Gasteiger partial charge in [0.2, 0.25) is 0 Å². The van der Waals surface area contributed by atoms with Crippen LogP contribution in [0.3, 0.4) is 0 Å². The molecule has 6 heteroatoms. The lowest BCUT2D eigenvalue weighted by molar-refractivity contribution is -0.142. The van der Waals surface area contributed by atoms with Gasteiger partial charge in [-0.25, -0.2) is 4.79 Å². The third kappa shape index (κ3) is 4.13. The second kappa shape index (κ2) is 8.37. The number of nitriles is 1. The molecule has 0 fully saturated rings. The number of anilines is 1. The standard InChI is InChI=1S/C20H22N2O4/c1-3-14-6-9-18(26-11-10-23)17(12-14)20(2,19(24)25)22-16-7-4-15(13-21)5-8-16/h4-9,12,22-23H,3,10-11H2,1-2H3,(H,24,25). The fourth-order valence-corrected chi connectivity index (χ4v) is 2.62. The molecule has 1 unspecified atom stereocenters. The number of nitrogens with zero attached hydrogens (tertiary/aromatic N) is 1. The minimum Gasteiger partial charge on any atom is -0.491 e. The second-order valence-corrected chi connectivity index (χ2v) is 6.00. The number of aryl methyl sites for hydroxylation is 1. The molecule has 0 aromatic heterocycles. The Morgan fingerprint density at radius 2 is 1.96 bits per heavy atom. The molecule has 0 bridgehead atoms. The number of hydrogen-bond donors (Lipinski definition) is 3. The summed E-state index contributed by atoms with van der Waals surface area (Å²) in [5.41, 5.74) is 1.06. The molecule has 0 radical (unpaired) electrons. The zero-order valence-corrected chi connectivity index (χ0v) is 14.8. The number of hydrogen-bond acceptors (Lipinski definition) is 5. The number of carboxylic acid groups (broad SMARTS) is 1. The van der Waals surface area contributed by atoms with E-state index in [1.807, 2.05) is 19.1 Å². The van der Waals surface area contributed by atoms with Gasteiger partial charge in [0.15, 0.2) is 5.54 Å². The largest absolute Gasteiger partial charge is 0.491 e. The fourth-order valence-electron chi connectivity index (χ4n) is 2.62. The maximum absolute atomic E-state index is 12.2. The van der Waals surface area contributed by atoms with E-state index in [9.17, 15) is 9.90 Å². The summed E-state index contributed by atoms with van der Waals surface area (Å²) in [5.74, 6) is -0.661. The summed E-state index contributed by atoms with van der Waals surface area (Å²) in [6, 6.07) is 14.0. The monoisotopic (exact) mass is 354 g/mol. The zero-order chi connectivity index (χ0) is 19.2. The van der Waals surface area contributed by atoms with Crippen LogP contribution in [0.15, 0.2) is 42.5 Å². The van der Waals surface area contributed by atoms with Crippen LogP contribution in [-0.4, -0.2) is 29.4 Å². The maximum Gasteiger partial charge on any atom is 0.333 e. The number of benzene rings is 2. The van der Waals surface area contributed by atoms with Gasteiger partial charge in [-0.15, -0.1) is 0 Å². The van der Waals surface area contributed by atoms with Gasteiger partial charge in [0.25, 0.3) is 0 Å². The van der Waals surface area contributed by atoms with Crippen LogP contribution in [0, 0.1) is 11.3 Å². The molecule has 0 saturated carbocycles. The first-order chi connectivity index (χ1) is 12.4. The van der Waals surface area contributed by atoms with Crippen molar-refractivity contribution in [3.8, 4) is 11.8 Å². The molecular formula is C20H22N2O4. The number of nitrogens with one attached hydrogen (secondary N) is 1. The third-order valence-electron chi connectivity index (χ3n) is 4.18. The van der Waals surface area contributed by atoms with Gasteiger partial charge in [0.1, 0.15) is 12.4 Å². The quantitative estimate of drug-likeness (QED) is 0.674. The van der Waals surface area contributed by atoms with Crippen LogP contribution in [0.4, 0.5) is 5.69 Å². The predicted molar refractivity (Wildman–Crippen MR) is 98.2 cm³/mol. The molecule has 2 aromatic carbocycles. The molecule has 0 aliphatic carbocycles. The van der Waals surface area contributed by atoms with Crippen LogP contribution in [0.5, 0.6) is 5.75 Å². The van der Waals surface area contributed by atoms with Gasteiger partial charge in [-0.1, -0.05) is 13.0 Å². The highest BCUT2D eigenvalue weighted by molar-refractivity contribution is 5.85. The smallest absolute Gasteiger partial charge is 0.333 e. The van der Waals surface area contributed by atoms with E-state index in [-0.39, 0.29) is 13.2 Å². The van der Waals surface area contributed by atoms with E-state index in [0.717, 1.165) is 12.0 Å². The topological polar surface area (TPSA) is 103 Å². The number of aliphatic carboxylic acids is 1. The number of aliphatic hydroxyl groups is 1. The van der Waals surface area contributed by atoms with Gasteiger partial charge in [0, 0.05) is 11.3 Å². The number of ether oxygens (including phenoxy) is 1. The Hall–Kier alpha value is -3.04. The first kappa shape index (κ1) is 19.3. The van der Waals surface area contributed by atoms with Gasteiger partial charge < -0.3 is 20.3 Å². The molecule has 0 saturated heterocycles. The number of carboxylic acids is 1. The maximum atomic E-state index is 12.2. The Labute approximate surface area is 152 Å². The van der Waals surface area contributed by atoms with Crippen LogP contribution in [-0.2, 0) is 16.8 Å². The third-order valence-corrected chi connectivity index (χ3v) is 4.18. The number of carbonyl (C=O) groups is 1. The minimum absolute atomic E-state index is 0.0744. The Morgan fingerprint density at radius 3 is 2.50 bits per heavy atom. The molecule has 2 aromatic rings. The average Bonchev–Trinajstić information content (AvgIpc) is 2.66. The van der Waals surface area contributed by atoms with Gasteiger partial charge >= 0.3 is 5.97 Å². The van der Waals surface area contributed by atoms with Crippen LogP contribution in [0.2, 0.25) is 0 Å². The van der Waals surface area contributed by atoms with E-state index < -0.39 is 11.5 Å². The van der Waals surface area contributed by atoms with Crippen molar-refractivity contribution < 1.29 is 19.7 Å². The SMILES string of the molecule is CCc1ccc(OCCO)c(C(C)(Nc2ccc(C#N)cc2)C(=O)O)c1. The first-order valence-corrected chi connectivity index (χ1v) is 8.33. The van der Waals surface area contributed by atoms with Crippen molar-refractivity contribution >= 4 is 11.7 Å². The van der Waals surface area contributed by atoms with Crippen LogP contribution < -0.4 is 10.1 Å². The summed E-state index contributed by atoms with van der Waals surface area (Å²) in [4.78, 5) is 12.2. The van der Waals surface area contributed by atoms with E-state index in [1.165, 1.54) is 0 Å². The van der Waals surface area contributed by atoms with Gasteiger partial charge in [-0.05, 0) is 55.3 Å². The van der Waals surface area contributed by atoms with Crippen molar-refractivity contribution in [3.63, 3.8) is 0 Å². The summed E-state index contributed by atoms with van der Waals surface area (Å²) in [6.07, 6.45) is 0.750. The molecule has 0 aliphatic rings. The highest BCUT2D eigenvalue weighted by Gasteiger charge is 2.38. The summed E-state index contributed by atoms with van der Waals surface area (Å²) in [6.45, 7) is 3.46. The zero-order valence-electron chi connectivity index (χ0n) is 14.8. The summed E-state index contributed by atoms with van der Waals surface area (Å²) >= 11 is 0. The molecule has 6 nitrogen and oxygen atoms in total. The number of aliphatic hydroxyl groups excluding tert-OH is 1. The highest BCUT2D eigenvalue weighted by atomic mass is 16.5. The van der Waals surface area contributed by atoms with E-state index in [2.05, 4.69) is 5.32 Å².